The lowest BCUT2D eigenvalue weighted by atomic mass is 10.2. The zero-order chi connectivity index (χ0) is 22.0. The molecule has 0 bridgehead atoms. The predicted molar refractivity (Wildman–Crippen MR) is 111 cm³/mol. The molecular weight excluding hydrogens is 424 g/mol. The van der Waals surface area contributed by atoms with Gasteiger partial charge in [-0.3, -0.25) is 25.0 Å². The van der Waals surface area contributed by atoms with Crippen LogP contribution in [0.1, 0.15) is 36.2 Å². The Morgan fingerprint density at radius 3 is 2.45 bits per heavy atom. The van der Waals surface area contributed by atoms with Gasteiger partial charge in [-0.2, -0.15) is 0 Å². The molecule has 160 valence electrons. The first-order valence-electron chi connectivity index (χ1n) is 9.66. The van der Waals surface area contributed by atoms with Gasteiger partial charge in [0.05, 0.1) is 10.8 Å². The quantitative estimate of drug-likeness (QED) is 0.450. The van der Waals surface area contributed by atoms with Gasteiger partial charge in [0.25, 0.3) is 11.8 Å². The molecule has 10 heteroatoms. The highest BCUT2D eigenvalue weighted by Crippen LogP contribution is 2.42. The summed E-state index contributed by atoms with van der Waals surface area (Å²) in [5, 5.41) is 8.24. The molecule has 1 saturated carbocycles. The zero-order valence-electron chi connectivity index (χ0n) is 16.5. The fourth-order valence-corrected chi connectivity index (χ4v) is 3.87. The Morgan fingerprint density at radius 1 is 1.06 bits per heavy atom. The largest absolute Gasteiger partial charge is 0.299 e. The smallest absolute Gasteiger partial charge is 0.269 e. The van der Waals surface area contributed by atoms with Crippen LogP contribution < -0.4 is 10.9 Å². The number of benzene rings is 2. The van der Waals surface area contributed by atoms with Crippen molar-refractivity contribution in [3.05, 3.63) is 65.7 Å². The lowest BCUT2D eigenvalue weighted by molar-refractivity contribution is -0.121. The number of nitrogens with one attached hydrogen (secondary N) is 2. The van der Waals surface area contributed by atoms with Gasteiger partial charge in [0.15, 0.2) is 11.0 Å². The fourth-order valence-electron chi connectivity index (χ4n) is 2.95. The third-order valence-electron chi connectivity index (χ3n) is 4.75. The minimum atomic E-state index is -0.608. The van der Waals surface area contributed by atoms with Gasteiger partial charge in [-0.05, 0) is 56.2 Å². The molecule has 0 saturated heterocycles. The van der Waals surface area contributed by atoms with Crippen molar-refractivity contribution in [2.24, 2.45) is 0 Å². The number of halogens is 2. The van der Waals surface area contributed by atoms with Gasteiger partial charge in [-0.15, -0.1) is 10.2 Å². The van der Waals surface area contributed by atoms with Crippen molar-refractivity contribution in [3.63, 3.8) is 0 Å². The van der Waals surface area contributed by atoms with E-state index in [1.54, 1.807) is 25.1 Å². The number of aromatic nitrogens is 3. The normalized spacial score (nSPS) is 14.2. The van der Waals surface area contributed by atoms with Crippen LogP contribution in [-0.2, 0) is 4.79 Å². The number of carbonyl (C=O) groups excluding carboxylic acids is 2. The molecule has 3 aromatic rings. The van der Waals surface area contributed by atoms with Crippen LogP contribution in [-0.4, -0.2) is 31.8 Å². The average molecular weight is 443 g/mol. The van der Waals surface area contributed by atoms with Gasteiger partial charge >= 0.3 is 0 Å². The van der Waals surface area contributed by atoms with Crippen LogP contribution in [0.25, 0.3) is 11.4 Å². The van der Waals surface area contributed by atoms with Crippen molar-refractivity contribution in [1.82, 2.24) is 25.6 Å². The van der Waals surface area contributed by atoms with E-state index in [-0.39, 0.29) is 17.4 Å². The number of hydrazine groups is 1. The SMILES string of the molecule is C[C@H](Sc1nnc(-c2ccccc2F)n1C1CC1)C(=O)NNC(=O)c1ccc(F)cc1. The van der Waals surface area contributed by atoms with Gasteiger partial charge in [0.1, 0.15) is 11.6 Å². The molecule has 0 unspecified atom stereocenters. The first kappa shape index (κ1) is 21.0. The molecule has 1 aliphatic rings. The van der Waals surface area contributed by atoms with Gasteiger partial charge in [0.2, 0.25) is 0 Å². The summed E-state index contributed by atoms with van der Waals surface area (Å²) in [6.45, 7) is 1.67. The van der Waals surface area contributed by atoms with Gasteiger partial charge in [-0.25, -0.2) is 8.78 Å². The third kappa shape index (κ3) is 4.74. The van der Waals surface area contributed by atoms with E-state index in [4.69, 9.17) is 0 Å². The van der Waals surface area contributed by atoms with Crippen LogP contribution in [0.5, 0.6) is 0 Å². The van der Waals surface area contributed by atoms with E-state index < -0.39 is 22.9 Å². The summed E-state index contributed by atoms with van der Waals surface area (Å²) in [6.07, 6.45) is 1.86. The minimum absolute atomic E-state index is 0.167. The summed E-state index contributed by atoms with van der Waals surface area (Å²) < 4.78 is 29.1. The summed E-state index contributed by atoms with van der Waals surface area (Å²) in [5.41, 5.74) is 5.24. The number of rotatable bonds is 6. The molecule has 0 spiro atoms. The van der Waals surface area contributed by atoms with Crippen molar-refractivity contribution in [1.29, 1.82) is 0 Å². The summed E-state index contributed by atoms with van der Waals surface area (Å²) in [5.74, 6) is -1.42. The molecule has 4 rings (SSSR count). The molecule has 1 fully saturated rings. The third-order valence-corrected chi connectivity index (χ3v) is 5.81. The van der Waals surface area contributed by atoms with Crippen molar-refractivity contribution in [3.8, 4) is 11.4 Å². The maximum Gasteiger partial charge on any atom is 0.269 e. The Labute approximate surface area is 181 Å². The molecule has 0 aliphatic heterocycles. The number of carbonyl (C=O) groups is 2. The summed E-state index contributed by atoms with van der Waals surface area (Å²) in [4.78, 5) is 24.5. The maximum absolute atomic E-state index is 14.3. The van der Waals surface area contributed by atoms with Crippen LogP contribution in [0.15, 0.2) is 53.7 Å². The molecule has 31 heavy (non-hydrogen) atoms. The van der Waals surface area contributed by atoms with Crippen LogP contribution >= 0.6 is 11.8 Å². The van der Waals surface area contributed by atoms with Crippen molar-refractivity contribution < 1.29 is 18.4 Å². The summed E-state index contributed by atoms with van der Waals surface area (Å²) in [6, 6.07) is 11.5. The van der Waals surface area contributed by atoms with Gasteiger partial charge < -0.3 is 0 Å². The first-order chi connectivity index (χ1) is 14.9. The minimum Gasteiger partial charge on any atom is -0.299 e. The molecule has 2 N–H and O–H groups in total. The molecule has 1 heterocycles. The van der Waals surface area contributed by atoms with Crippen molar-refractivity contribution in [2.45, 2.75) is 36.2 Å². The second kappa shape index (κ2) is 8.84. The molecule has 1 aromatic heterocycles. The molecule has 7 nitrogen and oxygen atoms in total. The van der Waals surface area contributed by atoms with E-state index in [1.165, 1.54) is 30.0 Å². The van der Waals surface area contributed by atoms with Crippen LogP contribution in [0, 0.1) is 11.6 Å². The number of thioether (sulfide) groups is 1. The average Bonchev–Trinajstić information content (AvgIpc) is 3.52. The topological polar surface area (TPSA) is 88.9 Å². The van der Waals surface area contributed by atoms with Gasteiger partial charge in [-0.1, -0.05) is 23.9 Å². The van der Waals surface area contributed by atoms with Gasteiger partial charge in [0, 0.05) is 11.6 Å². The predicted octanol–water partition coefficient (Wildman–Crippen LogP) is 3.50. The van der Waals surface area contributed by atoms with E-state index in [2.05, 4.69) is 21.0 Å². The Hall–Kier alpha value is -3.27. The van der Waals surface area contributed by atoms with E-state index in [9.17, 15) is 18.4 Å². The fraction of sp³-hybridized carbons (Fsp3) is 0.238. The van der Waals surface area contributed by atoms with E-state index in [0.29, 0.717) is 16.5 Å². The van der Waals surface area contributed by atoms with Crippen molar-refractivity contribution in [2.75, 3.05) is 0 Å². The van der Waals surface area contributed by atoms with Crippen LogP contribution in [0.2, 0.25) is 0 Å². The summed E-state index contributed by atoms with van der Waals surface area (Å²) in [7, 11) is 0. The first-order valence-corrected chi connectivity index (χ1v) is 10.5. The maximum atomic E-state index is 14.3. The van der Waals surface area contributed by atoms with E-state index in [1.807, 2.05) is 4.57 Å². The zero-order valence-corrected chi connectivity index (χ0v) is 17.3. The highest BCUT2D eigenvalue weighted by molar-refractivity contribution is 8.00. The Balaban J connectivity index is 1.43. The second-order valence-corrected chi connectivity index (χ2v) is 8.41. The van der Waals surface area contributed by atoms with Crippen LogP contribution in [0.4, 0.5) is 8.78 Å². The number of nitrogens with zero attached hydrogens (tertiary/aromatic N) is 3. The van der Waals surface area contributed by atoms with E-state index >= 15 is 0 Å². The van der Waals surface area contributed by atoms with E-state index in [0.717, 1.165) is 25.0 Å². The van der Waals surface area contributed by atoms with Crippen molar-refractivity contribution >= 4 is 23.6 Å². The molecule has 1 atom stereocenters. The Morgan fingerprint density at radius 2 is 1.77 bits per heavy atom. The number of amides is 2. The molecule has 2 aromatic carbocycles. The second-order valence-electron chi connectivity index (χ2n) is 7.10. The van der Waals surface area contributed by atoms with Crippen LogP contribution in [0.3, 0.4) is 0 Å². The highest BCUT2D eigenvalue weighted by Gasteiger charge is 2.32. The molecule has 2 amide bonds. The number of hydrogen-bond donors (Lipinski definition) is 2. The summed E-state index contributed by atoms with van der Waals surface area (Å²) >= 11 is 1.17. The molecule has 1 aliphatic carbocycles. The molecular formula is C21H19F2N5O2S. The lowest BCUT2D eigenvalue weighted by Gasteiger charge is -2.14. The standard InChI is InChI=1S/C21H19F2N5O2S/c1-12(19(29)25-26-20(30)13-6-8-14(22)9-7-13)31-21-27-24-18(28(21)15-10-11-15)16-4-2-3-5-17(16)23/h2-9,12,15H,10-11H2,1H3,(H,25,29)(H,26,30)/t12-/m0/s1. The highest BCUT2D eigenvalue weighted by atomic mass is 32.2. The Kier molecular flexibility index (Phi) is 5.99. The molecule has 0 radical (unpaired) electrons. The number of hydrogen-bond acceptors (Lipinski definition) is 5. The Bertz CT molecular complexity index is 1120. The lowest BCUT2D eigenvalue weighted by Crippen LogP contribution is -2.45. The monoisotopic (exact) mass is 443 g/mol.